The Hall–Kier alpha value is -8.01. The standard InChI is InChI=1S/C52H51N7O13/c1-25-44(61)34(19-39(71-25)72-38-21-52(69,26(2)60)20-32-41(38)48(65)43-42(46(32)63)45(62)31-9-8-11-37(70-5)40(31)47(43)64)54-22-27-12-14-28(15-13-27)55-50(67)35-18-30(24-59(35)4)57-51(68)36-17-29(23-58(36)3)56-49(66)33-10-6-7-16-53-33/h6-18,23-25,34,38-39,44,54,61,63,65,69H,19-22H2,1-5H3,(H,55,67)(H,56,66)(H,57,68)/t25?,34?,38-,39?,44?,52-/m0/s1. The second-order valence-corrected chi connectivity index (χ2v) is 18.2. The quantitative estimate of drug-likeness (QED) is 0.0728. The lowest BCUT2D eigenvalue weighted by atomic mass is 9.72. The van der Waals surface area contributed by atoms with Crippen LogP contribution in [0.2, 0.25) is 0 Å². The SMILES string of the molecule is COc1cccc2c1C(=O)c1c(O)c3c(c(O)c1C2=O)C[C@@](O)(C(C)=O)C[C@@H]3OC1CC(NCc2ccc(NC(=O)c3cc(NC(=O)c4cc(NC(=O)c5ccccn5)cn4C)cn3C)cc2)C(O)C(C)O1. The third-order valence-electron chi connectivity index (χ3n) is 13.4. The average Bonchev–Trinajstić information content (AvgIpc) is 3.92. The van der Waals surface area contributed by atoms with Crippen LogP contribution in [0.15, 0.2) is 91.4 Å². The van der Waals surface area contributed by atoms with Gasteiger partial charge in [-0.2, -0.15) is 0 Å². The molecule has 6 atom stereocenters. The fourth-order valence-electron chi connectivity index (χ4n) is 9.58. The molecule has 2 aliphatic carbocycles. The molecule has 372 valence electrons. The molecule has 9 rings (SSSR count). The van der Waals surface area contributed by atoms with Crippen molar-refractivity contribution in [2.45, 2.75) is 75.9 Å². The summed E-state index contributed by atoms with van der Waals surface area (Å²) in [6, 6.07) is 18.8. The van der Waals surface area contributed by atoms with Crippen LogP contribution in [-0.2, 0) is 41.3 Å². The number of amides is 3. The second kappa shape index (κ2) is 19.3. The molecule has 20 nitrogen and oxygen atoms in total. The van der Waals surface area contributed by atoms with E-state index in [0.717, 1.165) is 5.56 Å². The van der Waals surface area contributed by atoms with Crippen molar-refractivity contribution in [2.75, 3.05) is 23.1 Å². The molecular formula is C52H51N7O13. The van der Waals surface area contributed by atoms with Crippen molar-refractivity contribution < 1.29 is 63.4 Å². The van der Waals surface area contributed by atoms with Crippen LogP contribution in [0.1, 0.15) is 113 Å². The maximum Gasteiger partial charge on any atom is 0.274 e. The molecule has 3 aliphatic rings. The minimum Gasteiger partial charge on any atom is -0.507 e. The summed E-state index contributed by atoms with van der Waals surface area (Å²) in [6.45, 7) is 3.07. The molecule has 0 bridgehead atoms. The maximum absolute atomic E-state index is 14.0. The molecule has 72 heavy (non-hydrogen) atoms. The Kier molecular flexibility index (Phi) is 13.1. The predicted molar refractivity (Wildman–Crippen MR) is 258 cm³/mol. The van der Waals surface area contributed by atoms with Gasteiger partial charge in [0.1, 0.15) is 39.9 Å². The first-order chi connectivity index (χ1) is 34.3. The van der Waals surface area contributed by atoms with E-state index in [-0.39, 0.29) is 58.1 Å². The molecule has 3 amide bonds. The number of hydrogen-bond donors (Lipinski definition) is 8. The van der Waals surface area contributed by atoms with E-state index >= 15 is 0 Å². The van der Waals surface area contributed by atoms with Crippen molar-refractivity contribution in [1.29, 1.82) is 0 Å². The molecule has 20 heteroatoms. The topological polar surface area (TPSA) is 282 Å². The summed E-state index contributed by atoms with van der Waals surface area (Å²) >= 11 is 0. The van der Waals surface area contributed by atoms with Crippen LogP contribution in [0.5, 0.6) is 17.2 Å². The van der Waals surface area contributed by atoms with E-state index in [9.17, 15) is 49.2 Å². The summed E-state index contributed by atoms with van der Waals surface area (Å²) in [5, 5.41) is 58.2. The van der Waals surface area contributed by atoms with Crippen LogP contribution in [0.3, 0.4) is 0 Å². The number of aliphatic hydroxyl groups is 2. The highest BCUT2D eigenvalue weighted by Crippen LogP contribution is 2.52. The number of benzene rings is 3. The normalized spacial score (nSPS) is 21.2. The number of ketones is 3. The number of carbonyl (C=O) groups excluding carboxylic acids is 6. The predicted octanol–water partition coefficient (Wildman–Crippen LogP) is 4.69. The summed E-state index contributed by atoms with van der Waals surface area (Å²) < 4.78 is 21.0. The van der Waals surface area contributed by atoms with Crippen molar-refractivity contribution in [3.8, 4) is 17.2 Å². The maximum atomic E-state index is 14.0. The summed E-state index contributed by atoms with van der Waals surface area (Å²) in [6.07, 6.45) is -0.377. The van der Waals surface area contributed by atoms with E-state index in [4.69, 9.17) is 14.2 Å². The van der Waals surface area contributed by atoms with Gasteiger partial charge in [-0.25, -0.2) is 0 Å². The number of pyridine rings is 1. The summed E-state index contributed by atoms with van der Waals surface area (Å²) in [5.74, 6) is -4.75. The Morgan fingerprint density at radius 3 is 2.08 bits per heavy atom. The number of aromatic hydroxyl groups is 2. The first kappa shape index (κ1) is 49.0. The van der Waals surface area contributed by atoms with Crippen LogP contribution < -0.4 is 26.0 Å². The number of ether oxygens (including phenoxy) is 3. The molecular weight excluding hydrogens is 931 g/mol. The number of carbonyl (C=O) groups is 6. The molecule has 0 radical (unpaired) electrons. The fraction of sp³-hybridized carbons (Fsp3) is 0.288. The Balaban J connectivity index is 0.844. The van der Waals surface area contributed by atoms with Gasteiger partial charge in [0.25, 0.3) is 17.7 Å². The number of Topliss-reactive ketones (excluding diaryl/α,β-unsaturated/α-hetero) is 1. The van der Waals surface area contributed by atoms with Crippen molar-refractivity contribution >= 4 is 52.1 Å². The van der Waals surface area contributed by atoms with Gasteiger partial charge >= 0.3 is 0 Å². The zero-order valence-electron chi connectivity index (χ0n) is 39.7. The minimum atomic E-state index is -2.10. The molecule has 1 fully saturated rings. The number of nitrogens with one attached hydrogen (secondary N) is 4. The van der Waals surface area contributed by atoms with Crippen molar-refractivity contribution in [2.24, 2.45) is 14.1 Å². The molecule has 4 heterocycles. The Bertz CT molecular complexity index is 3180. The van der Waals surface area contributed by atoms with Gasteiger partial charge in [0, 0.05) is 86.9 Å². The molecule has 3 aromatic heterocycles. The van der Waals surface area contributed by atoms with Crippen LogP contribution in [-0.4, -0.2) is 107 Å². The van der Waals surface area contributed by atoms with Crippen molar-refractivity contribution in [1.82, 2.24) is 19.4 Å². The van der Waals surface area contributed by atoms with E-state index in [1.54, 1.807) is 85.0 Å². The molecule has 0 spiro atoms. The summed E-state index contributed by atoms with van der Waals surface area (Å²) in [4.78, 5) is 84.1. The highest BCUT2D eigenvalue weighted by Gasteiger charge is 2.49. The molecule has 6 aromatic rings. The number of phenols is 2. The number of anilines is 3. The molecule has 1 saturated heterocycles. The number of rotatable bonds is 13. The average molecular weight is 982 g/mol. The van der Waals surface area contributed by atoms with Crippen LogP contribution in [0.25, 0.3) is 0 Å². The molecule has 4 unspecified atom stereocenters. The van der Waals surface area contributed by atoms with Crippen LogP contribution >= 0.6 is 0 Å². The Morgan fingerprint density at radius 1 is 0.819 bits per heavy atom. The zero-order valence-corrected chi connectivity index (χ0v) is 39.7. The van der Waals surface area contributed by atoms with Crippen molar-refractivity contribution in [3.63, 3.8) is 0 Å². The summed E-state index contributed by atoms with van der Waals surface area (Å²) in [5.41, 5.74) is -0.601. The Labute approximate surface area is 411 Å². The fourth-order valence-corrected chi connectivity index (χ4v) is 9.58. The highest BCUT2D eigenvalue weighted by molar-refractivity contribution is 6.31. The lowest BCUT2D eigenvalue weighted by Gasteiger charge is -2.43. The zero-order chi connectivity index (χ0) is 51.3. The highest BCUT2D eigenvalue weighted by atomic mass is 16.7. The monoisotopic (exact) mass is 981 g/mol. The molecule has 0 saturated carbocycles. The number of phenolic OH excluding ortho intramolecular Hbond substituents is 2. The van der Waals surface area contributed by atoms with Crippen LogP contribution in [0, 0.1) is 0 Å². The third-order valence-corrected chi connectivity index (χ3v) is 13.4. The number of aromatic nitrogens is 3. The van der Waals surface area contributed by atoms with E-state index in [2.05, 4.69) is 26.3 Å². The number of aryl methyl sites for hydroxylation is 2. The lowest BCUT2D eigenvalue weighted by Crippen LogP contribution is -2.54. The first-order valence-corrected chi connectivity index (χ1v) is 22.9. The number of nitrogens with zero attached hydrogens (tertiary/aromatic N) is 3. The van der Waals surface area contributed by atoms with Gasteiger partial charge in [-0.05, 0) is 61.9 Å². The van der Waals surface area contributed by atoms with E-state index in [1.165, 1.54) is 50.6 Å². The van der Waals surface area contributed by atoms with Crippen LogP contribution in [0.4, 0.5) is 17.1 Å². The Morgan fingerprint density at radius 2 is 1.46 bits per heavy atom. The van der Waals surface area contributed by atoms with Gasteiger partial charge in [-0.15, -0.1) is 0 Å². The first-order valence-electron chi connectivity index (χ1n) is 22.9. The largest absolute Gasteiger partial charge is 0.507 e. The van der Waals surface area contributed by atoms with Gasteiger partial charge in [0.05, 0.1) is 53.5 Å². The molecule has 8 N–H and O–H groups in total. The van der Waals surface area contributed by atoms with Crippen molar-refractivity contribution in [3.05, 3.63) is 147 Å². The number of aliphatic hydroxyl groups excluding tert-OH is 1. The van der Waals surface area contributed by atoms with E-state index < -0.39 is 107 Å². The number of methoxy groups -OCH3 is 1. The number of hydrogen-bond acceptors (Lipinski definition) is 15. The van der Waals surface area contributed by atoms with Gasteiger partial charge < -0.3 is 65.0 Å². The second-order valence-electron chi connectivity index (χ2n) is 18.2. The van der Waals surface area contributed by atoms with Gasteiger partial charge in [-0.1, -0.05) is 30.3 Å². The third kappa shape index (κ3) is 9.12. The van der Waals surface area contributed by atoms with Gasteiger partial charge in [0.15, 0.2) is 17.9 Å². The number of fused-ring (bicyclic) bond motifs is 3. The molecule has 1 aliphatic heterocycles. The van der Waals surface area contributed by atoms with E-state index in [0.29, 0.717) is 17.1 Å². The lowest BCUT2D eigenvalue weighted by molar-refractivity contribution is -0.249. The smallest absolute Gasteiger partial charge is 0.274 e. The summed E-state index contributed by atoms with van der Waals surface area (Å²) in [7, 11) is 4.66. The van der Waals surface area contributed by atoms with Gasteiger partial charge in [-0.3, -0.25) is 33.8 Å². The minimum absolute atomic E-state index is 0.0415. The van der Waals surface area contributed by atoms with E-state index in [1.807, 2.05) is 0 Å². The molecule has 3 aromatic carbocycles. The van der Waals surface area contributed by atoms with Gasteiger partial charge in [0.2, 0.25) is 5.78 Å².